The van der Waals surface area contributed by atoms with Gasteiger partial charge in [0.05, 0.1) is 28.6 Å². The number of benzene rings is 2. The lowest BCUT2D eigenvalue weighted by Crippen LogP contribution is -2.35. The second-order valence-electron chi connectivity index (χ2n) is 8.51. The van der Waals surface area contributed by atoms with Crippen LogP contribution < -0.4 is 0 Å². The van der Waals surface area contributed by atoms with Gasteiger partial charge in [0.2, 0.25) is 0 Å². The van der Waals surface area contributed by atoms with Gasteiger partial charge in [-0.05, 0) is 23.6 Å². The molecule has 8 heteroatoms. The maximum atomic E-state index is 13.5. The number of imidazole rings is 1. The van der Waals surface area contributed by atoms with Crippen LogP contribution in [0.25, 0.3) is 0 Å². The van der Waals surface area contributed by atoms with E-state index in [1.807, 2.05) is 48.7 Å². The van der Waals surface area contributed by atoms with Crippen LogP contribution in [0.2, 0.25) is 5.02 Å². The maximum Gasteiger partial charge on any atom is 0.290 e. The Kier molecular flexibility index (Phi) is 7.11. The van der Waals surface area contributed by atoms with Crippen LogP contribution in [0.15, 0.2) is 67.1 Å². The number of fused-ring (bicyclic) bond motifs is 1. The molecule has 2 saturated heterocycles. The Labute approximate surface area is 198 Å². The van der Waals surface area contributed by atoms with Gasteiger partial charge in [0.15, 0.2) is 0 Å². The molecule has 3 atom stereocenters. The molecule has 0 saturated carbocycles. The van der Waals surface area contributed by atoms with Crippen molar-refractivity contribution >= 4 is 24.0 Å². The van der Waals surface area contributed by atoms with Gasteiger partial charge in [-0.3, -0.25) is 14.5 Å². The van der Waals surface area contributed by atoms with Crippen LogP contribution in [-0.4, -0.2) is 56.5 Å². The Balaban J connectivity index is 0.000000821. The van der Waals surface area contributed by atoms with Gasteiger partial charge in [-0.2, -0.15) is 0 Å². The van der Waals surface area contributed by atoms with Gasteiger partial charge in [-0.1, -0.05) is 54.1 Å². The topological polar surface area (TPSA) is 78.7 Å². The Morgan fingerprint density at radius 1 is 1.12 bits per heavy atom. The fourth-order valence-corrected chi connectivity index (χ4v) is 5.32. The van der Waals surface area contributed by atoms with Crippen molar-refractivity contribution in [2.45, 2.75) is 12.6 Å². The van der Waals surface area contributed by atoms with E-state index in [9.17, 15) is 4.79 Å². The summed E-state index contributed by atoms with van der Waals surface area (Å²) in [5, 5.41) is 7.41. The summed E-state index contributed by atoms with van der Waals surface area (Å²) in [5.74, 6) is 0.893. The van der Waals surface area contributed by atoms with E-state index in [0.29, 0.717) is 22.4 Å². The van der Waals surface area contributed by atoms with Crippen LogP contribution in [0, 0.1) is 11.8 Å². The summed E-state index contributed by atoms with van der Waals surface area (Å²) in [4.78, 5) is 30.6. The lowest BCUT2D eigenvalue weighted by molar-refractivity contribution is -0.122. The molecular weight excluding hydrogens is 440 g/mol. The number of hydrogen-bond donors (Lipinski definition) is 1. The summed E-state index contributed by atoms with van der Waals surface area (Å²) in [7, 11) is 2.04. The molecule has 2 aromatic carbocycles. The molecule has 2 aliphatic heterocycles. The van der Waals surface area contributed by atoms with E-state index in [-0.39, 0.29) is 18.4 Å². The zero-order chi connectivity index (χ0) is 23.4. The summed E-state index contributed by atoms with van der Waals surface area (Å²) < 4.78 is 2.08. The molecule has 172 valence electrons. The van der Waals surface area contributed by atoms with E-state index < -0.39 is 0 Å². The molecule has 0 aliphatic carbocycles. The van der Waals surface area contributed by atoms with Crippen molar-refractivity contribution in [1.29, 1.82) is 0 Å². The standard InChI is InChI=1S/C24H25ClN4O.CH2O2/c1-27-16-26-11-19(27)14-28-12-18-13-29(24(30)20-9-5-6-10-22(20)25)23(21(18)15-28)17-7-3-2-4-8-17;2-1-3/h2-11,16,18,21,23H,12-15H2,1H3;1H,(H,2,3)/t18-,21-,23+;/m0./s1. The molecule has 1 amide bonds. The summed E-state index contributed by atoms with van der Waals surface area (Å²) >= 11 is 6.37. The number of rotatable bonds is 4. The molecule has 3 heterocycles. The van der Waals surface area contributed by atoms with Gasteiger partial charge in [0, 0.05) is 45.3 Å². The molecule has 0 unspecified atom stereocenters. The van der Waals surface area contributed by atoms with Crippen LogP contribution in [0.4, 0.5) is 0 Å². The van der Waals surface area contributed by atoms with Crippen LogP contribution in [-0.2, 0) is 18.4 Å². The predicted octanol–water partition coefficient (Wildman–Crippen LogP) is 3.72. The van der Waals surface area contributed by atoms with Crippen molar-refractivity contribution in [2.75, 3.05) is 19.6 Å². The summed E-state index contributed by atoms with van der Waals surface area (Å²) in [6, 6.07) is 17.9. The van der Waals surface area contributed by atoms with Crippen LogP contribution in [0.5, 0.6) is 0 Å². The van der Waals surface area contributed by atoms with E-state index >= 15 is 0 Å². The lowest BCUT2D eigenvalue weighted by Gasteiger charge is -2.30. The Morgan fingerprint density at radius 2 is 1.82 bits per heavy atom. The highest BCUT2D eigenvalue weighted by Crippen LogP contribution is 2.46. The van der Waals surface area contributed by atoms with Crippen molar-refractivity contribution in [2.24, 2.45) is 18.9 Å². The van der Waals surface area contributed by atoms with Crippen LogP contribution in [0.3, 0.4) is 0 Å². The average molecular weight is 467 g/mol. The number of aryl methyl sites for hydroxylation is 1. The molecule has 2 aliphatic rings. The van der Waals surface area contributed by atoms with E-state index in [2.05, 4.69) is 38.7 Å². The van der Waals surface area contributed by atoms with Crippen molar-refractivity contribution in [3.8, 4) is 0 Å². The summed E-state index contributed by atoms with van der Waals surface area (Å²) in [5.41, 5.74) is 3.01. The van der Waals surface area contributed by atoms with E-state index in [1.165, 1.54) is 11.3 Å². The summed E-state index contributed by atoms with van der Waals surface area (Å²) in [6.45, 7) is 3.37. The third-order valence-corrected chi connectivity index (χ3v) is 6.88. The molecule has 2 fully saturated rings. The monoisotopic (exact) mass is 466 g/mol. The quantitative estimate of drug-likeness (QED) is 0.593. The minimum Gasteiger partial charge on any atom is -0.483 e. The molecule has 3 aromatic rings. The Morgan fingerprint density at radius 3 is 2.48 bits per heavy atom. The highest BCUT2D eigenvalue weighted by Gasteiger charge is 2.49. The second kappa shape index (κ2) is 10.2. The Bertz CT molecular complexity index is 1100. The first kappa shape index (κ1) is 23.0. The van der Waals surface area contributed by atoms with Crippen molar-refractivity contribution < 1.29 is 14.7 Å². The van der Waals surface area contributed by atoms with Crippen molar-refractivity contribution in [1.82, 2.24) is 19.4 Å². The van der Waals surface area contributed by atoms with Crippen molar-refractivity contribution in [3.05, 3.63) is 89.0 Å². The second-order valence-corrected chi connectivity index (χ2v) is 8.92. The maximum absolute atomic E-state index is 13.5. The number of aromatic nitrogens is 2. The number of amides is 1. The minimum atomic E-state index is -0.250. The molecule has 0 spiro atoms. The number of nitrogens with zero attached hydrogens (tertiary/aromatic N) is 4. The van der Waals surface area contributed by atoms with Crippen molar-refractivity contribution in [3.63, 3.8) is 0 Å². The van der Waals surface area contributed by atoms with Gasteiger partial charge in [0.25, 0.3) is 12.4 Å². The first-order valence-electron chi connectivity index (χ1n) is 10.9. The molecule has 1 N–H and O–H groups in total. The zero-order valence-corrected chi connectivity index (χ0v) is 19.2. The first-order chi connectivity index (χ1) is 16.0. The highest BCUT2D eigenvalue weighted by molar-refractivity contribution is 6.33. The molecule has 7 nitrogen and oxygen atoms in total. The molecular formula is C25H27ClN4O3. The third-order valence-electron chi connectivity index (χ3n) is 6.55. The van der Waals surface area contributed by atoms with E-state index in [0.717, 1.165) is 26.2 Å². The highest BCUT2D eigenvalue weighted by atomic mass is 35.5. The van der Waals surface area contributed by atoms with Gasteiger partial charge < -0.3 is 14.6 Å². The predicted molar refractivity (Wildman–Crippen MR) is 126 cm³/mol. The Hall–Kier alpha value is -3.16. The fourth-order valence-electron chi connectivity index (χ4n) is 5.11. The molecule has 1 aromatic heterocycles. The van der Waals surface area contributed by atoms with E-state index in [4.69, 9.17) is 21.5 Å². The van der Waals surface area contributed by atoms with Gasteiger partial charge in [-0.15, -0.1) is 0 Å². The van der Waals surface area contributed by atoms with Crippen LogP contribution in [0.1, 0.15) is 27.7 Å². The fraction of sp³-hybridized carbons (Fsp3) is 0.320. The zero-order valence-electron chi connectivity index (χ0n) is 18.4. The number of carboxylic acid groups (broad SMARTS) is 1. The van der Waals surface area contributed by atoms with Gasteiger partial charge in [-0.25, -0.2) is 4.98 Å². The lowest BCUT2D eigenvalue weighted by atomic mass is 9.89. The van der Waals surface area contributed by atoms with E-state index in [1.54, 1.807) is 6.07 Å². The summed E-state index contributed by atoms with van der Waals surface area (Å²) in [6.07, 6.45) is 3.79. The van der Waals surface area contributed by atoms with Crippen LogP contribution >= 0.6 is 11.6 Å². The number of hydrogen-bond acceptors (Lipinski definition) is 4. The smallest absolute Gasteiger partial charge is 0.290 e. The molecule has 5 rings (SSSR count). The molecule has 0 bridgehead atoms. The van der Waals surface area contributed by atoms with Gasteiger partial charge in [0.1, 0.15) is 0 Å². The number of carbonyl (C=O) groups is 2. The normalized spacial score (nSPS) is 21.9. The minimum absolute atomic E-state index is 0.0297. The largest absolute Gasteiger partial charge is 0.483 e. The molecule has 33 heavy (non-hydrogen) atoms. The SMILES string of the molecule is Cn1cncc1CN1C[C@H]2CN(C(=O)c3ccccc3Cl)[C@H](c3ccccc3)[C@H]2C1.O=CO. The number of likely N-dealkylation sites (tertiary alicyclic amines) is 2. The van der Waals surface area contributed by atoms with Gasteiger partial charge >= 0.3 is 0 Å². The number of carbonyl (C=O) groups excluding carboxylic acids is 1. The number of halogens is 1. The third kappa shape index (κ3) is 4.79. The average Bonchev–Trinajstić information content (AvgIpc) is 3.49. The molecule has 0 radical (unpaired) electrons. The first-order valence-corrected chi connectivity index (χ1v) is 11.3.